The molecule has 0 bridgehead atoms. The molecule has 1 unspecified atom stereocenters. The third-order valence-electron chi connectivity index (χ3n) is 4.75. The predicted octanol–water partition coefficient (Wildman–Crippen LogP) is 3.42. The van der Waals surface area contributed by atoms with Crippen LogP contribution in [0, 0.1) is 0 Å². The Morgan fingerprint density at radius 3 is 2.30 bits per heavy atom. The van der Waals surface area contributed by atoms with Crippen molar-refractivity contribution in [3.05, 3.63) is 0 Å². The van der Waals surface area contributed by atoms with Crippen molar-refractivity contribution in [2.75, 3.05) is 12.3 Å². The first-order valence-corrected chi connectivity index (χ1v) is 11.2. The van der Waals surface area contributed by atoms with E-state index in [4.69, 9.17) is 0 Å². The number of rotatable bonds is 14. The molecular formula is C20H34N2O4S. The Labute approximate surface area is 167 Å². The Bertz CT molecular complexity index is 510. The predicted molar refractivity (Wildman–Crippen MR) is 109 cm³/mol. The van der Waals surface area contributed by atoms with Crippen molar-refractivity contribution < 1.29 is 19.2 Å². The van der Waals surface area contributed by atoms with Crippen molar-refractivity contribution in [3.8, 4) is 0 Å². The number of hydrogen-bond donors (Lipinski definition) is 2. The van der Waals surface area contributed by atoms with E-state index < -0.39 is 6.04 Å². The number of hydrogen-bond acceptors (Lipinski definition) is 5. The number of nitrogens with one attached hydrogen (secondary N) is 2. The number of Topliss-reactive ketones (excluding diaryl/α,β-unsaturated/α-hetero) is 3. The first kappa shape index (κ1) is 23.7. The van der Waals surface area contributed by atoms with Crippen molar-refractivity contribution in [1.82, 2.24) is 10.6 Å². The summed E-state index contributed by atoms with van der Waals surface area (Å²) in [5, 5.41) is 5.36. The van der Waals surface area contributed by atoms with Gasteiger partial charge in [-0.25, -0.2) is 4.79 Å². The van der Waals surface area contributed by atoms with Gasteiger partial charge in [0.1, 0.15) is 5.78 Å². The molecule has 0 spiro atoms. The van der Waals surface area contributed by atoms with Crippen LogP contribution in [0.4, 0.5) is 4.79 Å². The van der Waals surface area contributed by atoms with Crippen LogP contribution in [-0.2, 0) is 14.4 Å². The van der Waals surface area contributed by atoms with Crippen LogP contribution in [-0.4, -0.2) is 47.0 Å². The average Bonchev–Trinajstić information content (AvgIpc) is 2.96. The lowest BCUT2D eigenvalue weighted by Gasteiger charge is -2.12. The lowest BCUT2D eigenvalue weighted by molar-refractivity contribution is -0.122. The summed E-state index contributed by atoms with van der Waals surface area (Å²) in [5.41, 5.74) is 0. The summed E-state index contributed by atoms with van der Waals surface area (Å²) in [6.45, 7) is 4.12. The lowest BCUT2D eigenvalue weighted by Crippen LogP contribution is -2.44. The van der Waals surface area contributed by atoms with E-state index in [0.29, 0.717) is 19.4 Å². The topological polar surface area (TPSA) is 92.3 Å². The van der Waals surface area contributed by atoms with Gasteiger partial charge in [-0.15, -0.1) is 0 Å². The molecule has 154 valence electrons. The number of carbonyl (C=O) groups excluding carboxylic acids is 4. The standard InChI is InChI=1S/C20H34N2O4S/c1-3-17(24)15(2)22-20(26)21-11-9-7-5-4-6-8-10-12-27-19-14-16(23)13-18(19)25/h15,19H,3-14H2,1-2H3,(H2,21,22,26)/t15-,19?/m1/s1. The third kappa shape index (κ3) is 10.5. The monoisotopic (exact) mass is 398 g/mol. The van der Waals surface area contributed by atoms with Crippen molar-refractivity contribution in [2.24, 2.45) is 0 Å². The zero-order chi connectivity index (χ0) is 20.1. The highest BCUT2D eigenvalue weighted by Crippen LogP contribution is 2.25. The molecule has 7 heteroatoms. The number of unbranched alkanes of at least 4 members (excludes halogenated alkanes) is 6. The zero-order valence-electron chi connectivity index (χ0n) is 16.7. The molecule has 2 N–H and O–H groups in total. The van der Waals surface area contributed by atoms with Gasteiger partial charge in [-0.1, -0.05) is 39.0 Å². The number of carbonyl (C=O) groups is 4. The van der Waals surface area contributed by atoms with Crippen LogP contribution in [0.3, 0.4) is 0 Å². The van der Waals surface area contributed by atoms with Crippen LogP contribution in [0.25, 0.3) is 0 Å². The van der Waals surface area contributed by atoms with Crippen LogP contribution in [0.15, 0.2) is 0 Å². The van der Waals surface area contributed by atoms with E-state index in [9.17, 15) is 19.2 Å². The van der Waals surface area contributed by atoms with Gasteiger partial charge in [0.05, 0.1) is 17.7 Å². The van der Waals surface area contributed by atoms with E-state index in [0.717, 1.165) is 37.9 Å². The second-order valence-electron chi connectivity index (χ2n) is 7.16. The Morgan fingerprint density at radius 2 is 1.70 bits per heavy atom. The van der Waals surface area contributed by atoms with Gasteiger partial charge in [-0.2, -0.15) is 11.8 Å². The van der Waals surface area contributed by atoms with Gasteiger partial charge < -0.3 is 10.6 Å². The normalized spacial score (nSPS) is 17.8. The molecule has 1 saturated carbocycles. The Kier molecular flexibility index (Phi) is 12.1. The van der Waals surface area contributed by atoms with Gasteiger partial charge in [0.2, 0.25) is 0 Å². The minimum absolute atomic E-state index is 0.0341. The van der Waals surface area contributed by atoms with Gasteiger partial charge in [-0.3, -0.25) is 14.4 Å². The molecule has 0 aliphatic heterocycles. The van der Waals surface area contributed by atoms with Crippen LogP contribution in [0.1, 0.15) is 78.1 Å². The molecule has 0 heterocycles. The van der Waals surface area contributed by atoms with Gasteiger partial charge in [0.25, 0.3) is 0 Å². The summed E-state index contributed by atoms with van der Waals surface area (Å²) in [5.74, 6) is 1.20. The van der Waals surface area contributed by atoms with Crippen LogP contribution in [0.5, 0.6) is 0 Å². The lowest BCUT2D eigenvalue weighted by atomic mass is 10.1. The summed E-state index contributed by atoms with van der Waals surface area (Å²) in [7, 11) is 0. The molecule has 0 radical (unpaired) electrons. The Morgan fingerprint density at radius 1 is 1.07 bits per heavy atom. The van der Waals surface area contributed by atoms with E-state index in [-0.39, 0.29) is 35.1 Å². The van der Waals surface area contributed by atoms with E-state index in [1.807, 2.05) is 0 Å². The van der Waals surface area contributed by atoms with Crippen LogP contribution in [0.2, 0.25) is 0 Å². The molecule has 6 nitrogen and oxygen atoms in total. The summed E-state index contributed by atoms with van der Waals surface area (Å²) in [6.07, 6.45) is 8.80. The highest BCUT2D eigenvalue weighted by atomic mass is 32.2. The Balaban J connectivity index is 1.86. The SMILES string of the molecule is CCC(=O)[C@@H](C)NC(=O)NCCCCCCCCCSC1CC(=O)CC1=O. The average molecular weight is 399 g/mol. The Hall–Kier alpha value is -1.37. The van der Waals surface area contributed by atoms with Crippen molar-refractivity contribution in [3.63, 3.8) is 0 Å². The van der Waals surface area contributed by atoms with Crippen molar-refractivity contribution in [2.45, 2.75) is 89.3 Å². The fraction of sp³-hybridized carbons (Fsp3) is 0.800. The van der Waals surface area contributed by atoms with E-state index >= 15 is 0 Å². The maximum absolute atomic E-state index is 11.6. The van der Waals surface area contributed by atoms with E-state index in [2.05, 4.69) is 10.6 Å². The largest absolute Gasteiger partial charge is 0.338 e. The van der Waals surface area contributed by atoms with Gasteiger partial charge in [0.15, 0.2) is 11.6 Å². The smallest absolute Gasteiger partial charge is 0.315 e. The third-order valence-corrected chi connectivity index (χ3v) is 6.10. The summed E-state index contributed by atoms with van der Waals surface area (Å²) in [6, 6.07) is -0.704. The first-order chi connectivity index (χ1) is 12.9. The van der Waals surface area contributed by atoms with Gasteiger partial charge in [0, 0.05) is 19.4 Å². The summed E-state index contributed by atoms with van der Waals surface area (Å²) in [4.78, 5) is 45.8. The molecule has 2 atom stereocenters. The first-order valence-electron chi connectivity index (χ1n) is 10.2. The molecule has 27 heavy (non-hydrogen) atoms. The highest BCUT2D eigenvalue weighted by molar-refractivity contribution is 8.00. The molecule has 0 aromatic heterocycles. The fourth-order valence-corrected chi connectivity index (χ4v) is 4.25. The van der Waals surface area contributed by atoms with E-state index in [1.165, 1.54) is 12.8 Å². The number of thioether (sulfide) groups is 1. The number of ketones is 3. The van der Waals surface area contributed by atoms with Crippen LogP contribution < -0.4 is 10.6 Å². The molecule has 1 rings (SSSR count). The number of urea groups is 1. The molecule has 1 aliphatic rings. The van der Waals surface area contributed by atoms with E-state index in [1.54, 1.807) is 25.6 Å². The van der Waals surface area contributed by atoms with Gasteiger partial charge >= 0.3 is 6.03 Å². The molecule has 1 fully saturated rings. The maximum Gasteiger partial charge on any atom is 0.315 e. The molecule has 2 amide bonds. The molecule has 1 aliphatic carbocycles. The van der Waals surface area contributed by atoms with Crippen molar-refractivity contribution in [1.29, 1.82) is 0 Å². The van der Waals surface area contributed by atoms with Crippen LogP contribution >= 0.6 is 11.8 Å². The summed E-state index contributed by atoms with van der Waals surface area (Å²) < 4.78 is 0. The van der Waals surface area contributed by atoms with Gasteiger partial charge in [-0.05, 0) is 25.5 Å². The maximum atomic E-state index is 11.6. The van der Waals surface area contributed by atoms with Crippen molar-refractivity contribution >= 4 is 35.1 Å². The molecular weight excluding hydrogens is 364 g/mol. The minimum atomic E-state index is -0.430. The molecule has 0 aromatic rings. The minimum Gasteiger partial charge on any atom is -0.338 e. The highest BCUT2D eigenvalue weighted by Gasteiger charge is 2.30. The second kappa shape index (κ2) is 13.7. The fourth-order valence-electron chi connectivity index (χ4n) is 3.03. The second-order valence-corrected chi connectivity index (χ2v) is 8.47. The molecule has 0 aromatic carbocycles. The summed E-state index contributed by atoms with van der Waals surface area (Å²) >= 11 is 1.64. The molecule has 0 saturated heterocycles. The quantitative estimate of drug-likeness (QED) is 0.345. The number of amides is 2. The zero-order valence-corrected chi connectivity index (χ0v) is 17.5.